The Morgan fingerprint density at radius 3 is 2.46 bits per heavy atom. The number of quaternary nitrogens is 1. The molecule has 1 N–H and O–H groups in total. The van der Waals surface area contributed by atoms with Crippen molar-refractivity contribution in [3.05, 3.63) is 29.3 Å². The minimum absolute atomic E-state index is 0. The topological polar surface area (TPSA) is 66.5 Å². The first kappa shape index (κ1) is 28.0. The number of hydrogen-bond acceptors (Lipinski definition) is 4. The number of piperidine rings is 2. The molecule has 2 saturated heterocycles. The molecule has 1 unspecified atom stereocenters. The van der Waals surface area contributed by atoms with E-state index in [-0.39, 0.29) is 36.5 Å². The smallest absolute Gasteiger partial charge is 0.255 e. The van der Waals surface area contributed by atoms with Gasteiger partial charge in [0.15, 0.2) is 0 Å². The van der Waals surface area contributed by atoms with Crippen molar-refractivity contribution < 1.29 is 31.3 Å². The summed E-state index contributed by atoms with van der Waals surface area (Å²) in [7, 11) is 2.44. The lowest BCUT2D eigenvalue weighted by molar-refractivity contribution is -0.914. The molecule has 3 aliphatic heterocycles. The summed E-state index contributed by atoms with van der Waals surface area (Å²) in [5.74, 6) is 0.364. The van der Waals surface area contributed by atoms with E-state index in [0.29, 0.717) is 18.5 Å². The second kappa shape index (κ2) is 13.1. The number of thioether (sulfide) groups is 1. The quantitative estimate of drug-likeness (QED) is 0.207. The van der Waals surface area contributed by atoms with Crippen molar-refractivity contribution in [2.45, 2.75) is 88.1 Å². The van der Waals surface area contributed by atoms with E-state index in [4.69, 9.17) is 0 Å². The fourth-order valence-electron chi connectivity index (χ4n) is 5.68. The van der Waals surface area contributed by atoms with Crippen molar-refractivity contribution >= 4 is 29.5 Å². The van der Waals surface area contributed by atoms with E-state index in [1.54, 1.807) is 4.90 Å². The van der Waals surface area contributed by atoms with Gasteiger partial charge in [-0.05, 0) is 68.4 Å². The Kier molecular flexibility index (Phi) is 10.5. The summed E-state index contributed by atoms with van der Waals surface area (Å²) in [5.41, 5.74) is 1.75. The first-order valence-electron chi connectivity index (χ1n) is 13.2. The van der Waals surface area contributed by atoms with Crippen molar-refractivity contribution in [3.8, 4) is 0 Å². The third-order valence-electron chi connectivity index (χ3n) is 7.78. The molecule has 3 amide bonds. The Bertz CT molecular complexity index is 904. The molecule has 8 heteroatoms. The number of imide groups is 1. The maximum absolute atomic E-state index is 12.9. The first-order chi connectivity index (χ1) is 16.5. The van der Waals surface area contributed by atoms with Gasteiger partial charge in [-0.3, -0.25) is 19.7 Å². The third-order valence-corrected chi connectivity index (χ3v) is 8.97. The number of benzene rings is 1. The van der Waals surface area contributed by atoms with Crippen LogP contribution in [-0.4, -0.2) is 65.6 Å². The van der Waals surface area contributed by atoms with E-state index < -0.39 is 6.04 Å². The van der Waals surface area contributed by atoms with Crippen LogP contribution in [0.25, 0.3) is 0 Å². The molecule has 3 heterocycles. The highest BCUT2D eigenvalue weighted by Gasteiger charge is 2.39. The minimum atomic E-state index is -0.546. The van der Waals surface area contributed by atoms with Crippen LogP contribution < -0.4 is 17.7 Å². The van der Waals surface area contributed by atoms with Crippen molar-refractivity contribution in [2.24, 2.45) is 0 Å². The number of likely N-dealkylation sites (tertiary alicyclic amines) is 1. The second-order valence-electron chi connectivity index (χ2n) is 10.5. The van der Waals surface area contributed by atoms with Crippen LogP contribution >= 0.6 is 11.8 Å². The molecule has 6 nitrogen and oxygen atoms in total. The van der Waals surface area contributed by atoms with Crippen LogP contribution in [0.1, 0.15) is 86.6 Å². The summed E-state index contributed by atoms with van der Waals surface area (Å²) >= 11 is 1.83. The van der Waals surface area contributed by atoms with Crippen molar-refractivity contribution in [1.82, 2.24) is 10.2 Å². The molecule has 0 radical (unpaired) electrons. The molecule has 0 aliphatic carbocycles. The van der Waals surface area contributed by atoms with Gasteiger partial charge >= 0.3 is 0 Å². The number of hydrogen-bond donors (Lipinski definition) is 1. The normalized spacial score (nSPS) is 21.5. The number of unbranched alkanes of at least 4 members (excludes halogenated alkanes) is 5. The number of amides is 3. The number of carbonyl (C=O) groups is 3. The van der Waals surface area contributed by atoms with Gasteiger partial charge in [-0.15, -0.1) is 11.8 Å². The second-order valence-corrected chi connectivity index (χ2v) is 11.6. The molecule has 0 aromatic heterocycles. The first-order valence-corrected chi connectivity index (χ1v) is 14.2. The molecular weight excluding hydrogens is 482 g/mol. The van der Waals surface area contributed by atoms with E-state index in [9.17, 15) is 14.4 Å². The summed E-state index contributed by atoms with van der Waals surface area (Å²) in [4.78, 5) is 39.5. The number of fused-ring (bicyclic) bond motifs is 1. The fourth-order valence-corrected chi connectivity index (χ4v) is 6.77. The lowest BCUT2D eigenvalue weighted by atomic mass is 10.0. The van der Waals surface area contributed by atoms with Gasteiger partial charge in [0.25, 0.3) is 5.91 Å². The zero-order chi connectivity index (χ0) is 24.0. The maximum Gasteiger partial charge on any atom is 0.255 e. The lowest BCUT2D eigenvalue weighted by Gasteiger charge is -2.37. The van der Waals surface area contributed by atoms with Crippen LogP contribution in [0, 0.1) is 0 Å². The molecule has 194 valence electrons. The van der Waals surface area contributed by atoms with Gasteiger partial charge < -0.3 is 21.8 Å². The van der Waals surface area contributed by atoms with Gasteiger partial charge in [-0.25, -0.2) is 0 Å². The van der Waals surface area contributed by atoms with Crippen LogP contribution in [0.15, 0.2) is 23.1 Å². The van der Waals surface area contributed by atoms with Gasteiger partial charge in [0.1, 0.15) is 6.04 Å². The SMILES string of the molecule is C[N+]1(CCCCCCCCSc2cccc3c2CN(C2CCC(=O)NC2=O)C3=O)CCCCC1.[Cl-]. The molecule has 1 aromatic rings. The summed E-state index contributed by atoms with van der Waals surface area (Å²) < 4.78 is 1.29. The summed E-state index contributed by atoms with van der Waals surface area (Å²) in [6, 6.07) is 5.35. The van der Waals surface area contributed by atoms with Crippen molar-refractivity contribution in [2.75, 3.05) is 32.4 Å². The minimum Gasteiger partial charge on any atom is -1.00 e. The summed E-state index contributed by atoms with van der Waals surface area (Å²) in [5, 5.41) is 2.38. The molecule has 0 spiro atoms. The summed E-state index contributed by atoms with van der Waals surface area (Å²) in [6.45, 7) is 4.55. The Balaban J connectivity index is 0.00000342. The van der Waals surface area contributed by atoms with E-state index in [0.717, 1.165) is 16.2 Å². The molecule has 0 bridgehead atoms. The lowest BCUT2D eigenvalue weighted by Crippen LogP contribution is -3.00. The van der Waals surface area contributed by atoms with Crippen LogP contribution in [0.5, 0.6) is 0 Å². The van der Waals surface area contributed by atoms with Gasteiger partial charge in [0.05, 0.1) is 26.7 Å². The average Bonchev–Trinajstić information content (AvgIpc) is 3.15. The Morgan fingerprint density at radius 1 is 1.00 bits per heavy atom. The van der Waals surface area contributed by atoms with E-state index in [1.807, 2.05) is 23.9 Å². The average molecular weight is 522 g/mol. The highest BCUT2D eigenvalue weighted by molar-refractivity contribution is 7.99. The molecular formula is C27H40ClN3O3S. The predicted molar refractivity (Wildman–Crippen MR) is 136 cm³/mol. The Labute approximate surface area is 220 Å². The maximum atomic E-state index is 12.9. The third kappa shape index (κ3) is 7.23. The molecule has 1 atom stereocenters. The standard InChI is InChI=1S/C27H39N3O3S.ClH/c1-30(17-8-6-9-18-30)16-7-4-2-3-5-10-19-34-24-13-11-12-21-22(24)20-29(27(21)33)23-14-15-25(31)28-26(23)32;/h11-13,23H,2-10,14-20H2,1H3;1H. The zero-order valence-electron chi connectivity index (χ0n) is 21.0. The van der Waals surface area contributed by atoms with Gasteiger partial charge in [-0.1, -0.05) is 25.3 Å². The zero-order valence-corrected chi connectivity index (χ0v) is 22.6. The van der Waals surface area contributed by atoms with E-state index >= 15 is 0 Å². The molecule has 0 saturated carbocycles. The number of rotatable bonds is 11. The van der Waals surface area contributed by atoms with Crippen LogP contribution in [0.4, 0.5) is 0 Å². The highest BCUT2D eigenvalue weighted by atomic mass is 35.5. The largest absolute Gasteiger partial charge is 1.00 e. The number of nitrogens with one attached hydrogen (secondary N) is 1. The molecule has 1 aromatic carbocycles. The van der Waals surface area contributed by atoms with E-state index in [1.165, 1.54) is 81.9 Å². The summed E-state index contributed by atoms with van der Waals surface area (Å²) in [6.07, 6.45) is 12.7. The monoisotopic (exact) mass is 521 g/mol. The van der Waals surface area contributed by atoms with Crippen molar-refractivity contribution in [3.63, 3.8) is 0 Å². The van der Waals surface area contributed by atoms with Crippen LogP contribution in [0.3, 0.4) is 0 Å². The van der Waals surface area contributed by atoms with Gasteiger partial charge in [-0.2, -0.15) is 0 Å². The molecule has 4 rings (SSSR count). The van der Waals surface area contributed by atoms with Crippen LogP contribution in [0.2, 0.25) is 0 Å². The Hall–Kier alpha value is -1.57. The fraction of sp³-hybridized carbons (Fsp3) is 0.667. The number of carbonyl (C=O) groups excluding carboxylic acids is 3. The van der Waals surface area contributed by atoms with E-state index in [2.05, 4.69) is 18.4 Å². The number of nitrogens with zero attached hydrogens (tertiary/aromatic N) is 2. The molecule has 3 aliphatic rings. The molecule has 35 heavy (non-hydrogen) atoms. The Morgan fingerprint density at radius 2 is 1.71 bits per heavy atom. The van der Waals surface area contributed by atoms with Crippen LogP contribution in [-0.2, 0) is 16.1 Å². The van der Waals surface area contributed by atoms with Gasteiger partial charge in [0, 0.05) is 23.4 Å². The predicted octanol–water partition coefficient (Wildman–Crippen LogP) is 1.51. The highest BCUT2D eigenvalue weighted by Crippen LogP contribution is 2.34. The van der Waals surface area contributed by atoms with Crippen molar-refractivity contribution in [1.29, 1.82) is 0 Å². The number of halogens is 1. The van der Waals surface area contributed by atoms with Gasteiger partial charge in [0.2, 0.25) is 11.8 Å². The molecule has 2 fully saturated rings.